The van der Waals surface area contributed by atoms with Gasteiger partial charge in [-0.3, -0.25) is 0 Å². The molecule has 0 aromatic rings. The highest BCUT2D eigenvalue weighted by atomic mass is 16.2. The summed E-state index contributed by atoms with van der Waals surface area (Å²) in [6, 6.07) is 0. The molecule has 0 rings (SSSR count). The molecule has 0 fully saturated rings. The van der Waals surface area contributed by atoms with Crippen molar-refractivity contribution in [3.63, 3.8) is 0 Å². The van der Waals surface area contributed by atoms with Crippen LogP contribution < -0.4 is 0 Å². The molecule has 1 atom stereocenters. The lowest BCUT2D eigenvalue weighted by molar-refractivity contribution is 0.282. The maximum absolute atomic E-state index is 8.65. The van der Waals surface area contributed by atoms with E-state index < -0.39 is 0 Å². The van der Waals surface area contributed by atoms with Crippen LogP contribution >= 0.6 is 0 Å². The van der Waals surface area contributed by atoms with Crippen LogP contribution in [0.15, 0.2) is 12.2 Å². The molecular weight excluding hydrogens is 220 g/mol. The van der Waals surface area contributed by atoms with Crippen LogP contribution in [0.25, 0.3) is 0 Å². The van der Waals surface area contributed by atoms with Gasteiger partial charge in [0.25, 0.3) is 0 Å². The first-order valence-corrected chi connectivity index (χ1v) is 8.07. The first-order valence-electron chi connectivity index (χ1n) is 8.07. The van der Waals surface area contributed by atoms with Crippen LogP contribution in [-0.4, -0.2) is 11.7 Å². The van der Waals surface area contributed by atoms with E-state index >= 15 is 0 Å². The number of aliphatic hydroxyl groups is 1. The van der Waals surface area contributed by atoms with Crippen LogP contribution in [-0.2, 0) is 0 Å². The van der Waals surface area contributed by atoms with Gasteiger partial charge in [0.05, 0.1) is 0 Å². The van der Waals surface area contributed by atoms with Crippen LogP contribution in [0, 0.1) is 5.92 Å². The molecule has 0 aromatic carbocycles. The van der Waals surface area contributed by atoms with Crippen molar-refractivity contribution >= 4 is 0 Å². The van der Waals surface area contributed by atoms with Gasteiger partial charge in [0, 0.05) is 6.61 Å². The predicted molar refractivity (Wildman–Crippen MR) is 81.9 cm³/mol. The molecule has 18 heavy (non-hydrogen) atoms. The van der Waals surface area contributed by atoms with Crippen molar-refractivity contribution in [3.05, 3.63) is 12.2 Å². The monoisotopic (exact) mass is 254 g/mol. The third-order valence-electron chi connectivity index (χ3n) is 3.71. The van der Waals surface area contributed by atoms with Crippen molar-refractivity contribution < 1.29 is 5.11 Å². The van der Waals surface area contributed by atoms with E-state index in [0.29, 0.717) is 6.61 Å². The van der Waals surface area contributed by atoms with E-state index in [0.717, 1.165) is 12.3 Å². The fourth-order valence-corrected chi connectivity index (χ4v) is 2.10. The third kappa shape index (κ3) is 13.8. The second-order valence-electron chi connectivity index (χ2n) is 5.55. The summed E-state index contributed by atoms with van der Waals surface area (Å²) in [4.78, 5) is 0. The number of allylic oxidation sites excluding steroid dienone is 2. The smallest absolute Gasteiger partial charge is 0.0431 e. The topological polar surface area (TPSA) is 20.2 Å². The molecule has 0 heterocycles. The molecule has 0 saturated heterocycles. The summed E-state index contributed by atoms with van der Waals surface area (Å²) in [5.74, 6) is 0.910. The molecule has 108 valence electrons. The lowest BCUT2D eigenvalue weighted by Crippen LogP contribution is -1.90. The minimum atomic E-state index is 0.358. The van der Waals surface area contributed by atoms with Gasteiger partial charge in [0.15, 0.2) is 0 Å². The molecule has 1 nitrogen and oxygen atoms in total. The molecule has 1 N–H and O–H groups in total. The van der Waals surface area contributed by atoms with Crippen LogP contribution in [0.4, 0.5) is 0 Å². The van der Waals surface area contributed by atoms with E-state index in [4.69, 9.17) is 5.11 Å². The van der Waals surface area contributed by atoms with Gasteiger partial charge in [0.1, 0.15) is 0 Å². The molecule has 0 unspecified atom stereocenters. The molecule has 0 spiro atoms. The van der Waals surface area contributed by atoms with Gasteiger partial charge in [0.2, 0.25) is 0 Å². The third-order valence-corrected chi connectivity index (χ3v) is 3.71. The molecule has 0 aromatic heterocycles. The van der Waals surface area contributed by atoms with Crippen molar-refractivity contribution in [3.8, 4) is 0 Å². The number of rotatable bonds is 13. The molecule has 1 heteroatoms. The molecular formula is C17H34O. The maximum Gasteiger partial charge on any atom is 0.0431 e. The van der Waals surface area contributed by atoms with E-state index in [1.54, 1.807) is 0 Å². The van der Waals surface area contributed by atoms with Crippen molar-refractivity contribution in [2.75, 3.05) is 6.61 Å². The van der Waals surface area contributed by atoms with Crippen LogP contribution in [0.1, 0.15) is 84.5 Å². The van der Waals surface area contributed by atoms with Gasteiger partial charge in [-0.15, -0.1) is 0 Å². The number of hydrogen-bond acceptors (Lipinski definition) is 1. The molecule has 0 saturated carbocycles. The molecule has 0 bridgehead atoms. The Morgan fingerprint density at radius 1 is 0.833 bits per heavy atom. The fraction of sp³-hybridized carbons (Fsp3) is 0.882. The van der Waals surface area contributed by atoms with Gasteiger partial charge in [-0.2, -0.15) is 0 Å². The van der Waals surface area contributed by atoms with Crippen LogP contribution in [0.3, 0.4) is 0 Å². The second-order valence-corrected chi connectivity index (χ2v) is 5.55. The van der Waals surface area contributed by atoms with E-state index in [1.165, 1.54) is 64.2 Å². The van der Waals surface area contributed by atoms with Gasteiger partial charge < -0.3 is 5.11 Å². The first kappa shape index (κ1) is 17.7. The Morgan fingerprint density at radius 3 is 2.00 bits per heavy atom. The van der Waals surface area contributed by atoms with E-state index in [9.17, 15) is 0 Å². The fourth-order valence-electron chi connectivity index (χ4n) is 2.10. The summed E-state index contributed by atoms with van der Waals surface area (Å²) in [6.07, 6.45) is 18.8. The second kappa shape index (κ2) is 14.8. The zero-order valence-electron chi connectivity index (χ0n) is 12.7. The number of unbranched alkanes of at least 4 members (excludes halogenated alkanes) is 7. The Labute approximate surface area is 115 Å². The molecule has 0 aliphatic rings. The summed E-state index contributed by atoms with van der Waals surface area (Å²) < 4.78 is 0. The lowest BCUT2D eigenvalue weighted by atomic mass is 10.0. The van der Waals surface area contributed by atoms with Crippen molar-refractivity contribution in [1.82, 2.24) is 0 Å². The minimum Gasteiger partial charge on any atom is -0.396 e. The number of aliphatic hydroxyl groups excluding tert-OH is 1. The molecule has 0 amide bonds. The van der Waals surface area contributed by atoms with Crippen molar-refractivity contribution in [2.24, 2.45) is 5.92 Å². The van der Waals surface area contributed by atoms with E-state index in [2.05, 4.69) is 26.0 Å². The maximum atomic E-state index is 8.65. The van der Waals surface area contributed by atoms with Crippen molar-refractivity contribution in [1.29, 1.82) is 0 Å². The quantitative estimate of drug-likeness (QED) is 0.341. The average Bonchev–Trinajstić information content (AvgIpc) is 2.39. The van der Waals surface area contributed by atoms with Crippen LogP contribution in [0.5, 0.6) is 0 Å². The SMILES string of the molecule is CC[C@H](C)CCCC/C=C\CCCCCCCO. The standard InChI is InChI=1S/C17H34O/c1-3-17(2)15-13-11-9-7-5-4-6-8-10-12-14-16-18/h5,7,17-18H,3-4,6,8-16H2,1-2H3/b7-5-/t17-/m0/s1. The summed E-state index contributed by atoms with van der Waals surface area (Å²) in [5, 5.41) is 8.65. The largest absolute Gasteiger partial charge is 0.396 e. The van der Waals surface area contributed by atoms with Crippen LogP contribution in [0.2, 0.25) is 0 Å². The Balaban J connectivity index is 3.09. The Morgan fingerprint density at radius 2 is 1.39 bits per heavy atom. The summed E-state index contributed by atoms with van der Waals surface area (Å²) >= 11 is 0. The summed E-state index contributed by atoms with van der Waals surface area (Å²) in [7, 11) is 0. The van der Waals surface area contributed by atoms with Gasteiger partial charge in [-0.1, -0.05) is 64.5 Å². The van der Waals surface area contributed by atoms with Gasteiger partial charge >= 0.3 is 0 Å². The summed E-state index contributed by atoms with van der Waals surface area (Å²) in [6.45, 7) is 4.99. The van der Waals surface area contributed by atoms with E-state index in [1.807, 2.05) is 0 Å². The lowest BCUT2D eigenvalue weighted by Gasteiger charge is -2.06. The number of hydrogen-bond donors (Lipinski definition) is 1. The van der Waals surface area contributed by atoms with Gasteiger partial charge in [-0.25, -0.2) is 0 Å². The van der Waals surface area contributed by atoms with E-state index in [-0.39, 0.29) is 0 Å². The first-order chi connectivity index (χ1) is 8.81. The predicted octanol–water partition coefficient (Wildman–Crippen LogP) is 5.48. The Kier molecular flexibility index (Phi) is 14.5. The molecule has 0 aliphatic carbocycles. The molecule has 0 radical (unpaired) electrons. The summed E-state index contributed by atoms with van der Waals surface area (Å²) in [5.41, 5.74) is 0. The highest BCUT2D eigenvalue weighted by Gasteiger charge is 1.96. The minimum absolute atomic E-state index is 0.358. The highest BCUT2D eigenvalue weighted by Crippen LogP contribution is 2.12. The molecule has 0 aliphatic heterocycles. The normalized spacial score (nSPS) is 13.3. The zero-order chi connectivity index (χ0) is 13.5. The Bertz CT molecular complexity index is 174. The Hall–Kier alpha value is -0.300. The highest BCUT2D eigenvalue weighted by molar-refractivity contribution is 4.81. The zero-order valence-corrected chi connectivity index (χ0v) is 12.7. The van der Waals surface area contributed by atoms with Crippen molar-refractivity contribution in [2.45, 2.75) is 84.5 Å². The average molecular weight is 254 g/mol. The van der Waals surface area contributed by atoms with Gasteiger partial charge in [-0.05, 0) is 38.0 Å².